The Morgan fingerprint density at radius 3 is 2.42 bits per heavy atom. The van der Waals surface area contributed by atoms with E-state index in [-0.39, 0.29) is 6.04 Å². The van der Waals surface area contributed by atoms with Gasteiger partial charge in [0.05, 0.1) is 0 Å². The van der Waals surface area contributed by atoms with Gasteiger partial charge in [0, 0.05) is 9.61 Å². The summed E-state index contributed by atoms with van der Waals surface area (Å²) in [5, 5.41) is 0. The zero-order valence-electron chi connectivity index (χ0n) is 11.2. The summed E-state index contributed by atoms with van der Waals surface area (Å²) in [5.41, 5.74) is 8.21. The van der Waals surface area contributed by atoms with E-state index in [0.717, 1.165) is 23.5 Å². The molecule has 3 heteroatoms. The maximum atomic E-state index is 5.89. The van der Waals surface area contributed by atoms with Gasteiger partial charge in [-0.2, -0.15) is 0 Å². The van der Waals surface area contributed by atoms with Crippen molar-refractivity contribution < 1.29 is 4.74 Å². The second-order valence-corrected chi connectivity index (χ2v) is 6.08. The monoisotopic (exact) mass is 367 g/mol. The lowest BCUT2D eigenvalue weighted by molar-refractivity contribution is 0.478. The molecule has 19 heavy (non-hydrogen) atoms. The highest BCUT2D eigenvalue weighted by Gasteiger charge is 2.04. The first-order chi connectivity index (χ1) is 9.04. The van der Waals surface area contributed by atoms with Crippen molar-refractivity contribution in [2.45, 2.75) is 26.3 Å². The van der Waals surface area contributed by atoms with Gasteiger partial charge in [-0.25, -0.2) is 0 Å². The minimum absolute atomic E-state index is 0.183. The molecule has 1 unspecified atom stereocenters. The van der Waals surface area contributed by atoms with E-state index in [1.165, 1.54) is 9.13 Å². The van der Waals surface area contributed by atoms with E-state index < -0.39 is 0 Å². The van der Waals surface area contributed by atoms with Gasteiger partial charge in [-0.15, -0.1) is 0 Å². The van der Waals surface area contributed by atoms with Crippen LogP contribution in [0.25, 0.3) is 0 Å². The largest absolute Gasteiger partial charge is 0.457 e. The van der Waals surface area contributed by atoms with Gasteiger partial charge < -0.3 is 10.5 Å². The van der Waals surface area contributed by atoms with Gasteiger partial charge >= 0.3 is 0 Å². The van der Waals surface area contributed by atoms with Crippen molar-refractivity contribution in [2.24, 2.45) is 5.73 Å². The van der Waals surface area contributed by atoms with Crippen LogP contribution in [0.3, 0.4) is 0 Å². The second-order valence-electron chi connectivity index (χ2n) is 4.84. The number of halogens is 1. The van der Waals surface area contributed by atoms with Crippen LogP contribution in [0.5, 0.6) is 11.5 Å². The fourth-order valence-corrected chi connectivity index (χ4v) is 2.31. The van der Waals surface area contributed by atoms with E-state index in [9.17, 15) is 0 Å². The van der Waals surface area contributed by atoms with Crippen LogP contribution in [-0.2, 0) is 6.42 Å². The van der Waals surface area contributed by atoms with Crippen molar-refractivity contribution in [3.63, 3.8) is 0 Å². The van der Waals surface area contributed by atoms with Crippen LogP contribution in [0.15, 0.2) is 42.5 Å². The number of ether oxygens (including phenoxy) is 1. The third kappa shape index (κ3) is 4.21. The molecule has 0 radical (unpaired) electrons. The zero-order valence-corrected chi connectivity index (χ0v) is 13.3. The first-order valence-corrected chi connectivity index (χ1v) is 7.41. The van der Waals surface area contributed by atoms with Crippen molar-refractivity contribution in [3.05, 3.63) is 57.2 Å². The van der Waals surface area contributed by atoms with Crippen LogP contribution in [0.1, 0.15) is 18.1 Å². The van der Waals surface area contributed by atoms with Crippen LogP contribution >= 0.6 is 22.6 Å². The minimum atomic E-state index is 0.183. The summed E-state index contributed by atoms with van der Waals surface area (Å²) < 4.78 is 7.09. The number of hydrogen-bond donors (Lipinski definition) is 1. The molecule has 2 aromatic rings. The topological polar surface area (TPSA) is 35.2 Å². The molecule has 0 fully saturated rings. The molecule has 0 heterocycles. The highest BCUT2D eigenvalue weighted by Crippen LogP contribution is 2.26. The van der Waals surface area contributed by atoms with E-state index in [1.807, 2.05) is 37.3 Å². The Labute approximate surface area is 128 Å². The molecule has 2 nitrogen and oxygen atoms in total. The molecule has 1 atom stereocenters. The molecule has 0 saturated carbocycles. The van der Waals surface area contributed by atoms with Gasteiger partial charge in [-0.05, 0) is 84.3 Å². The minimum Gasteiger partial charge on any atom is -0.457 e. The molecule has 0 bridgehead atoms. The van der Waals surface area contributed by atoms with Crippen molar-refractivity contribution >= 4 is 22.6 Å². The lowest BCUT2D eigenvalue weighted by Crippen LogP contribution is -2.17. The van der Waals surface area contributed by atoms with Crippen LogP contribution in [0.4, 0.5) is 0 Å². The summed E-state index contributed by atoms with van der Waals surface area (Å²) in [5.74, 6) is 1.76. The first-order valence-electron chi connectivity index (χ1n) is 6.33. The van der Waals surface area contributed by atoms with Crippen molar-refractivity contribution in [1.29, 1.82) is 0 Å². The summed E-state index contributed by atoms with van der Waals surface area (Å²) in [6.07, 6.45) is 0.894. The maximum absolute atomic E-state index is 5.89. The summed E-state index contributed by atoms with van der Waals surface area (Å²) in [6.45, 7) is 4.08. The lowest BCUT2D eigenvalue weighted by atomic mass is 10.0. The third-order valence-corrected chi connectivity index (χ3v) is 3.56. The molecule has 2 N–H and O–H groups in total. The smallest absolute Gasteiger partial charge is 0.130 e. The van der Waals surface area contributed by atoms with Crippen molar-refractivity contribution in [3.8, 4) is 11.5 Å². The Morgan fingerprint density at radius 2 is 1.84 bits per heavy atom. The number of nitrogens with two attached hydrogens (primary N) is 1. The van der Waals surface area contributed by atoms with Gasteiger partial charge in [-0.1, -0.05) is 12.1 Å². The standard InChI is InChI=1S/C16H18INO/c1-11-9-13(10-12(2)18)3-8-16(11)19-15-6-4-14(17)5-7-15/h3-9,12H,10,18H2,1-2H3. The van der Waals surface area contributed by atoms with E-state index in [1.54, 1.807) is 0 Å². The Hall–Kier alpha value is -1.07. The molecule has 0 saturated heterocycles. The van der Waals surface area contributed by atoms with Crippen molar-refractivity contribution in [2.75, 3.05) is 0 Å². The Kier molecular flexibility index (Phi) is 4.82. The van der Waals surface area contributed by atoms with E-state index in [4.69, 9.17) is 10.5 Å². The third-order valence-electron chi connectivity index (χ3n) is 2.84. The van der Waals surface area contributed by atoms with Gasteiger partial charge in [0.1, 0.15) is 11.5 Å². The SMILES string of the molecule is Cc1cc(CC(C)N)ccc1Oc1ccc(I)cc1. The summed E-state index contributed by atoms with van der Waals surface area (Å²) in [6, 6.07) is 14.5. The van der Waals surface area contributed by atoms with Crippen LogP contribution in [0, 0.1) is 10.5 Å². The predicted molar refractivity (Wildman–Crippen MR) is 87.8 cm³/mol. The molecule has 0 aliphatic rings. The zero-order chi connectivity index (χ0) is 13.8. The van der Waals surface area contributed by atoms with Crippen LogP contribution < -0.4 is 10.5 Å². The van der Waals surface area contributed by atoms with Crippen LogP contribution in [-0.4, -0.2) is 6.04 Å². The molecule has 0 amide bonds. The van der Waals surface area contributed by atoms with E-state index >= 15 is 0 Å². The fourth-order valence-electron chi connectivity index (χ4n) is 1.95. The number of benzene rings is 2. The summed E-state index contributed by atoms with van der Waals surface area (Å²) in [7, 11) is 0. The Morgan fingerprint density at radius 1 is 1.16 bits per heavy atom. The van der Waals surface area contributed by atoms with Crippen LogP contribution in [0.2, 0.25) is 0 Å². The molecule has 2 rings (SSSR count). The number of aryl methyl sites for hydroxylation is 1. The van der Waals surface area contributed by atoms with E-state index in [0.29, 0.717) is 0 Å². The molecular weight excluding hydrogens is 349 g/mol. The Balaban J connectivity index is 2.15. The average Bonchev–Trinajstić information content (AvgIpc) is 2.34. The predicted octanol–water partition coefficient (Wildman–Crippen LogP) is 4.28. The quantitative estimate of drug-likeness (QED) is 0.819. The number of rotatable bonds is 4. The first kappa shape index (κ1) is 14.3. The van der Waals surface area contributed by atoms with Gasteiger partial charge in [0.25, 0.3) is 0 Å². The fraction of sp³-hybridized carbons (Fsp3) is 0.250. The van der Waals surface area contributed by atoms with Crippen molar-refractivity contribution in [1.82, 2.24) is 0 Å². The van der Waals surface area contributed by atoms with Gasteiger partial charge in [0.15, 0.2) is 0 Å². The highest BCUT2D eigenvalue weighted by molar-refractivity contribution is 14.1. The lowest BCUT2D eigenvalue weighted by Gasteiger charge is -2.11. The molecule has 100 valence electrons. The van der Waals surface area contributed by atoms with Gasteiger partial charge in [0.2, 0.25) is 0 Å². The molecule has 2 aromatic carbocycles. The van der Waals surface area contributed by atoms with Gasteiger partial charge in [-0.3, -0.25) is 0 Å². The van der Waals surface area contributed by atoms with E-state index in [2.05, 4.69) is 41.6 Å². The molecule has 0 aliphatic heterocycles. The average molecular weight is 367 g/mol. The summed E-state index contributed by atoms with van der Waals surface area (Å²) in [4.78, 5) is 0. The molecule has 0 aromatic heterocycles. The Bertz CT molecular complexity index is 549. The molecular formula is C16H18INO. The summed E-state index contributed by atoms with van der Waals surface area (Å²) >= 11 is 2.28. The molecule has 0 aliphatic carbocycles. The second kappa shape index (κ2) is 6.39. The highest BCUT2D eigenvalue weighted by atomic mass is 127. The number of hydrogen-bond acceptors (Lipinski definition) is 2. The molecule has 0 spiro atoms. The normalized spacial score (nSPS) is 12.2. The maximum Gasteiger partial charge on any atom is 0.130 e.